The van der Waals surface area contributed by atoms with Gasteiger partial charge in [-0.2, -0.15) is 0 Å². The van der Waals surface area contributed by atoms with Crippen LogP contribution in [0.5, 0.6) is 0 Å². The maximum atomic E-state index is 11.3. The fourth-order valence-electron chi connectivity index (χ4n) is 1.30. The lowest BCUT2D eigenvalue weighted by molar-refractivity contribution is -0.124. The summed E-state index contributed by atoms with van der Waals surface area (Å²) < 4.78 is 4.82. The SMILES string of the molecule is COCCNC(=O)[C@@H]1CCNC1. The van der Waals surface area contributed by atoms with Gasteiger partial charge in [0.1, 0.15) is 0 Å². The molecule has 2 N–H and O–H groups in total. The molecular weight excluding hydrogens is 156 g/mol. The molecule has 0 saturated carbocycles. The van der Waals surface area contributed by atoms with Gasteiger partial charge in [-0.15, -0.1) is 0 Å². The summed E-state index contributed by atoms with van der Waals surface area (Å²) in [5.74, 6) is 0.318. The Bertz CT molecular complexity index is 144. The highest BCUT2D eigenvalue weighted by Gasteiger charge is 2.21. The van der Waals surface area contributed by atoms with Crippen LogP contribution in [-0.4, -0.2) is 39.3 Å². The maximum Gasteiger partial charge on any atom is 0.224 e. The Balaban J connectivity index is 2.10. The first kappa shape index (κ1) is 9.48. The van der Waals surface area contributed by atoms with Crippen molar-refractivity contribution < 1.29 is 9.53 Å². The van der Waals surface area contributed by atoms with Crippen LogP contribution in [0.25, 0.3) is 0 Å². The van der Waals surface area contributed by atoms with Crippen LogP contribution >= 0.6 is 0 Å². The molecule has 0 aromatic rings. The third kappa shape index (κ3) is 2.79. The van der Waals surface area contributed by atoms with E-state index in [9.17, 15) is 4.79 Å². The molecule has 0 aromatic carbocycles. The summed E-state index contributed by atoms with van der Waals surface area (Å²) in [6.45, 7) is 2.99. The first-order valence-corrected chi connectivity index (χ1v) is 4.32. The number of methoxy groups -OCH3 is 1. The van der Waals surface area contributed by atoms with E-state index in [-0.39, 0.29) is 11.8 Å². The van der Waals surface area contributed by atoms with Crippen molar-refractivity contribution in [2.45, 2.75) is 6.42 Å². The van der Waals surface area contributed by atoms with E-state index >= 15 is 0 Å². The Labute approximate surface area is 72.7 Å². The monoisotopic (exact) mass is 172 g/mol. The van der Waals surface area contributed by atoms with Crippen molar-refractivity contribution >= 4 is 5.91 Å². The van der Waals surface area contributed by atoms with Gasteiger partial charge < -0.3 is 15.4 Å². The van der Waals surface area contributed by atoms with E-state index in [0.717, 1.165) is 19.5 Å². The van der Waals surface area contributed by atoms with E-state index in [1.807, 2.05) is 0 Å². The number of carbonyl (C=O) groups is 1. The standard InChI is InChI=1S/C8H16N2O2/c1-12-5-4-10-8(11)7-2-3-9-6-7/h7,9H,2-6H2,1H3,(H,10,11)/t7-/m1/s1. The van der Waals surface area contributed by atoms with Crippen LogP contribution < -0.4 is 10.6 Å². The average Bonchev–Trinajstić information content (AvgIpc) is 2.56. The average molecular weight is 172 g/mol. The van der Waals surface area contributed by atoms with E-state index in [0.29, 0.717) is 13.2 Å². The quantitative estimate of drug-likeness (QED) is 0.554. The molecule has 0 aliphatic carbocycles. The van der Waals surface area contributed by atoms with Gasteiger partial charge in [-0.25, -0.2) is 0 Å². The summed E-state index contributed by atoms with van der Waals surface area (Å²) in [4.78, 5) is 11.3. The predicted molar refractivity (Wildman–Crippen MR) is 45.9 cm³/mol. The predicted octanol–water partition coefficient (Wildman–Crippen LogP) is -0.641. The summed E-state index contributed by atoms with van der Waals surface area (Å²) in [5.41, 5.74) is 0. The highest BCUT2D eigenvalue weighted by Crippen LogP contribution is 2.06. The number of nitrogens with one attached hydrogen (secondary N) is 2. The summed E-state index contributed by atoms with van der Waals surface area (Å²) in [6.07, 6.45) is 0.957. The minimum absolute atomic E-state index is 0.150. The maximum absolute atomic E-state index is 11.3. The molecule has 0 bridgehead atoms. The molecule has 70 valence electrons. The largest absolute Gasteiger partial charge is 0.383 e. The van der Waals surface area contributed by atoms with Gasteiger partial charge in [0.05, 0.1) is 12.5 Å². The van der Waals surface area contributed by atoms with Crippen LogP contribution in [0.15, 0.2) is 0 Å². The molecule has 4 nitrogen and oxygen atoms in total. The lowest BCUT2D eigenvalue weighted by atomic mass is 10.1. The second-order valence-corrected chi connectivity index (χ2v) is 2.97. The molecule has 1 aliphatic heterocycles. The fraction of sp³-hybridized carbons (Fsp3) is 0.875. The molecule has 0 unspecified atom stereocenters. The van der Waals surface area contributed by atoms with Gasteiger partial charge in [0.25, 0.3) is 0 Å². The highest BCUT2D eigenvalue weighted by molar-refractivity contribution is 5.79. The zero-order valence-electron chi connectivity index (χ0n) is 7.43. The van der Waals surface area contributed by atoms with Crippen LogP contribution in [0, 0.1) is 5.92 Å². The first-order chi connectivity index (χ1) is 5.84. The van der Waals surface area contributed by atoms with Crippen molar-refractivity contribution in [3.63, 3.8) is 0 Å². The molecule has 1 saturated heterocycles. The van der Waals surface area contributed by atoms with Crippen LogP contribution in [0.4, 0.5) is 0 Å². The van der Waals surface area contributed by atoms with Crippen LogP contribution in [-0.2, 0) is 9.53 Å². The van der Waals surface area contributed by atoms with Gasteiger partial charge in [0.2, 0.25) is 5.91 Å². The molecule has 1 heterocycles. The number of hydrogen-bond acceptors (Lipinski definition) is 3. The van der Waals surface area contributed by atoms with Crippen molar-refractivity contribution in [2.24, 2.45) is 5.92 Å². The third-order valence-corrected chi connectivity index (χ3v) is 2.04. The van der Waals surface area contributed by atoms with Crippen molar-refractivity contribution in [2.75, 3.05) is 33.4 Å². The zero-order valence-corrected chi connectivity index (χ0v) is 7.43. The summed E-state index contributed by atoms with van der Waals surface area (Å²) in [5, 5.41) is 5.97. The molecule has 0 radical (unpaired) electrons. The van der Waals surface area contributed by atoms with Crippen molar-refractivity contribution in [3.8, 4) is 0 Å². The van der Waals surface area contributed by atoms with Crippen LogP contribution in [0.2, 0.25) is 0 Å². The number of amides is 1. The first-order valence-electron chi connectivity index (χ1n) is 4.32. The number of hydrogen-bond donors (Lipinski definition) is 2. The minimum Gasteiger partial charge on any atom is -0.383 e. The molecular formula is C8H16N2O2. The normalized spacial score (nSPS) is 22.6. The van der Waals surface area contributed by atoms with Gasteiger partial charge in [-0.1, -0.05) is 0 Å². The molecule has 1 atom stereocenters. The van der Waals surface area contributed by atoms with E-state index < -0.39 is 0 Å². The molecule has 4 heteroatoms. The third-order valence-electron chi connectivity index (χ3n) is 2.04. The Morgan fingerprint density at radius 1 is 1.75 bits per heavy atom. The topological polar surface area (TPSA) is 50.4 Å². The molecule has 1 amide bonds. The second kappa shape index (κ2) is 5.11. The highest BCUT2D eigenvalue weighted by atomic mass is 16.5. The summed E-state index contributed by atoms with van der Waals surface area (Å²) in [7, 11) is 1.63. The van der Waals surface area contributed by atoms with Crippen molar-refractivity contribution in [1.29, 1.82) is 0 Å². The van der Waals surface area contributed by atoms with E-state index in [1.165, 1.54) is 0 Å². The number of ether oxygens (including phenoxy) is 1. The summed E-state index contributed by atoms with van der Waals surface area (Å²) >= 11 is 0. The molecule has 1 rings (SSSR count). The van der Waals surface area contributed by atoms with E-state index in [2.05, 4.69) is 10.6 Å². The van der Waals surface area contributed by atoms with E-state index in [4.69, 9.17) is 4.74 Å². The molecule has 12 heavy (non-hydrogen) atoms. The molecule has 0 spiro atoms. The van der Waals surface area contributed by atoms with Gasteiger partial charge in [0, 0.05) is 20.2 Å². The van der Waals surface area contributed by atoms with E-state index in [1.54, 1.807) is 7.11 Å². The van der Waals surface area contributed by atoms with Gasteiger partial charge in [-0.3, -0.25) is 4.79 Å². The second-order valence-electron chi connectivity index (χ2n) is 2.97. The van der Waals surface area contributed by atoms with Crippen molar-refractivity contribution in [1.82, 2.24) is 10.6 Å². The lowest BCUT2D eigenvalue weighted by Gasteiger charge is -2.08. The molecule has 1 aliphatic rings. The van der Waals surface area contributed by atoms with Gasteiger partial charge in [0.15, 0.2) is 0 Å². The van der Waals surface area contributed by atoms with Crippen LogP contribution in [0.3, 0.4) is 0 Å². The lowest BCUT2D eigenvalue weighted by Crippen LogP contribution is -2.33. The fourth-order valence-corrected chi connectivity index (χ4v) is 1.30. The Hall–Kier alpha value is -0.610. The van der Waals surface area contributed by atoms with Crippen molar-refractivity contribution in [3.05, 3.63) is 0 Å². The van der Waals surface area contributed by atoms with Gasteiger partial charge in [-0.05, 0) is 13.0 Å². The Morgan fingerprint density at radius 2 is 2.58 bits per heavy atom. The van der Waals surface area contributed by atoms with Gasteiger partial charge >= 0.3 is 0 Å². The number of rotatable bonds is 4. The zero-order chi connectivity index (χ0) is 8.81. The minimum atomic E-state index is 0.150. The molecule has 0 aromatic heterocycles. The Kier molecular flexibility index (Phi) is 4.04. The smallest absolute Gasteiger partial charge is 0.224 e. The Morgan fingerprint density at radius 3 is 3.17 bits per heavy atom. The number of carbonyl (C=O) groups excluding carboxylic acids is 1. The summed E-state index contributed by atoms with van der Waals surface area (Å²) in [6, 6.07) is 0. The van der Waals surface area contributed by atoms with Crippen LogP contribution in [0.1, 0.15) is 6.42 Å². The molecule has 1 fully saturated rings.